The third-order valence-electron chi connectivity index (χ3n) is 10.1. The van der Waals surface area contributed by atoms with Crippen molar-refractivity contribution >= 4 is 68.5 Å². The van der Waals surface area contributed by atoms with Crippen LogP contribution in [0.1, 0.15) is 62.0 Å². The number of imide groups is 1. The minimum absolute atomic E-state index is 0.0255. The first-order valence-electron chi connectivity index (χ1n) is 20.7. The van der Waals surface area contributed by atoms with E-state index in [1.54, 1.807) is 42.1 Å². The lowest BCUT2D eigenvalue weighted by Crippen LogP contribution is -2.52. The van der Waals surface area contributed by atoms with Crippen LogP contribution in [-0.4, -0.2) is 127 Å². The molecule has 348 valence electrons. The van der Waals surface area contributed by atoms with Crippen LogP contribution in [0.3, 0.4) is 0 Å². The molecule has 2 aliphatic heterocycles. The number of fused-ring (bicyclic) bond motifs is 1. The van der Waals surface area contributed by atoms with E-state index < -0.39 is 33.7 Å². The Balaban J connectivity index is 0.865. The minimum atomic E-state index is -3.81. The number of ether oxygens (including phenoxy) is 3. The number of aromatic nitrogens is 4. The van der Waals surface area contributed by atoms with E-state index in [1.165, 1.54) is 23.2 Å². The quantitative estimate of drug-likeness (QED) is 0.0559. The molecule has 65 heavy (non-hydrogen) atoms. The van der Waals surface area contributed by atoms with E-state index in [0.29, 0.717) is 28.1 Å². The van der Waals surface area contributed by atoms with Crippen molar-refractivity contribution in [2.24, 2.45) is 0 Å². The highest BCUT2D eigenvalue weighted by Crippen LogP contribution is 2.37. The van der Waals surface area contributed by atoms with Gasteiger partial charge in [-0.1, -0.05) is 17.7 Å². The van der Waals surface area contributed by atoms with E-state index in [2.05, 4.69) is 41.1 Å². The largest absolute Gasteiger partial charge is 0.379 e. The summed E-state index contributed by atoms with van der Waals surface area (Å²) in [5, 5.41) is 15.7. The van der Waals surface area contributed by atoms with Gasteiger partial charge in [-0.2, -0.15) is 5.10 Å². The Morgan fingerprint density at radius 3 is 2.43 bits per heavy atom. The number of hydrogen-bond donors (Lipinski definition) is 5. The molecule has 0 saturated carbocycles. The van der Waals surface area contributed by atoms with Gasteiger partial charge in [0.2, 0.25) is 39.6 Å². The van der Waals surface area contributed by atoms with Crippen LogP contribution in [0.2, 0.25) is 5.02 Å². The van der Waals surface area contributed by atoms with Crippen molar-refractivity contribution < 1.29 is 51.0 Å². The predicted molar refractivity (Wildman–Crippen MR) is 237 cm³/mol. The van der Waals surface area contributed by atoms with E-state index in [0.717, 1.165) is 6.26 Å². The van der Waals surface area contributed by atoms with Gasteiger partial charge in [-0.3, -0.25) is 38.7 Å². The molecule has 2 aromatic carbocycles. The van der Waals surface area contributed by atoms with Crippen LogP contribution >= 0.6 is 11.6 Å². The standard InChI is InChI=1S/C42H50ClFN10O10S/c1-24(2)54-22-30(39(51-54)28-18-26(43)19-33(38(28)44)52-65(4,60)61)32-10-12-45-42(49-32)46-20-25(3)47-36(56)11-13-62-14-15-63-16-17-64-23-37(57)48-31-7-5-6-27-29(31)21-53(41(27)59)34-8-9-35(55)50-40(34)58/h5-7,10,12,18-19,22,24-25,34,52H,8-9,11,13-17,20-21,23H2,1-4H3,(H,47,56)(H,48,57)(H,45,46,49)(H,50,55,58). The summed E-state index contributed by atoms with van der Waals surface area (Å²) in [5.74, 6) is -2.51. The van der Waals surface area contributed by atoms with Crippen molar-refractivity contribution in [3.8, 4) is 22.5 Å². The van der Waals surface area contributed by atoms with Gasteiger partial charge < -0.3 is 35.1 Å². The van der Waals surface area contributed by atoms with Gasteiger partial charge in [0, 0.05) is 83.4 Å². The Morgan fingerprint density at radius 1 is 0.969 bits per heavy atom. The summed E-state index contributed by atoms with van der Waals surface area (Å²) in [4.78, 5) is 72.4. The summed E-state index contributed by atoms with van der Waals surface area (Å²) in [5.41, 5.74) is 2.11. The van der Waals surface area contributed by atoms with Crippen molar-refractivity contribution in [2.75, 3.05) is 67.8 Å². The number of benzene rings is 2. The third kappa shape index (κ3) is 13.0. The molecule has 0 aliphatic carbocycles. The molecule has 4 heterocycles. The molecule has 0 radical (unpaired) electrons. The van der Waals surface area contributed by atoms with E-state index in [1.807, 2.05) is 13.8 Å². The van der Waals surface area contributed by atoms with E-state index in [4.69, 9.17) is 25.8 Å². The van der Waals surface area contributed by atoms with Gasteiger partial charge in [0.25, 0.3) is 5.91 Å². The number of piperidine rings is 1. The monoisotopic (exact) mass is 940 g/mol. The number of hydrogen-bond acceptors (Lipinski definition) is 14. The number of carbonyl (C=O) groups is 5. The molecular formula is C42H50ClFN10O10S. The molecule has 2 unspecified atom stereocenters. The highest BCUT2D eigenvalue weighted by molar-refractivity contribution is 7.92. The summed E-state index contributed by atoms with van der Waals surface area (Å²) in [6.45, 7) is 6.68. The van der Waals surface area contributed by atoms with Crippen molar-refractivity contribution in [1.29, 1.82) is 0 Å². The summed E-state index contributed by atoms with van der Waals surface area (Å²) in [6, 6.07) is 7.92. The topological polar surface area (TPSA) is 254 Å². The lowest BCUT2D eigenvalue weighted by atomic mass is 10.0. The van der Waals surface area contributed by atoms with Crippen LogP contribution in [0, 0.1) is 5.82 Å². The summed E-state index contributed by atoms with van der Waals surface area (Å²) < 4.78 is 59.8. The molecule has 2 atom stereocenters. The average Bonchev–Trinajstić information content (AvgIpc) is 3.84. The number of amides is 5. The fourth-order valence-corrected chi connectivity index (χ4v) is 7.74. The van der Waals surface area contributed by atoms with Gasteiger partial charge in [0.1, 0.15) is 18.3 Å². The summed E-state index contributed by atoms with van der Waals surface area (Å²) in [6.07, 6.45) is 4.61. The number of carbonyl (C=O) groups excluding carboxylic acids is 5. The Hall–Kier alpha value is -6.07. The smallest absolute Gasteiger partial charge is 0.255 e. The van der Waals surface area contributed by atoms with Crippen LogP contribution in [0.25, 0.3) is 22.5 Å². The maximum atomic E-state index is 15.7. The average molecular weight is 941 g/mol. The molecule has 5 amide bonds. The lowest BCUT2D eigenvalue weighted by Gasteiger charge is -2.29. The second kappa shape index (κ2) is 21.7. The molecule has 1 saturated heterocycles. The maximum absolute atomic E-state index is 15.7. The molecule has 4 aromatic rings. The second-order valence-corrected chi connectivity index (χ2v) is 17.8. The SMILES string of the molecule is CC(CNc1nccc(-c2cn(C(C)C)nc2-c2cc(Cl)cc(NS(C)(=O)=O)c2F)n1)NC(=O)CCOCCOCCOCC(=O)Nc1cccc2c1CN(C1CCC(=O)NC1=O)C2=O. The first-order chi connectivity index (χ1) is 31.0. The molecule has 0 spiro atoms. The van der Waals surface area contributed by atoms with Gasteiger partial charge in [-0.05, 0) is 57.5 Å². The molecule has 0 bridgehead atoms. The van der Waals surface area contributed by atoms with Gasteiger partial charge in [0.05, 0.1) is 50.7 Å². The fraction of sp³-hybridized carbons (Fsp3) is 0.429. The molecule has 1 fully saturated rings. The highest BCUT2D eigenvalue weighted by Gasteiger charge is 2.40. The Bertz CT molecular complexity index is 2540. The maximum Gasteiger partial charge on any atom is 0.255 e. The number of nitrogens with one attached hydrogen (secondary N) is 5. The van der Waals surface area contributed by atoms with Gasteiger partial charge >= 0.3 is 0 Å². The number of rotatable bonds is 22. The van der Waals surface area contributed by atoms with Crippen LogP contribution in [0.4, 0.5) is 21.7 Å². The second-order valence-electron chi connectivity index (χ2n) is 15.6. The molecule has 2 aromatic heterocycles. The zero-order chi connectivity index (χ0) is 46.8. The van der Waals surface area contributed by atoms with Crippen molar-refractivity contribution in [3.63, 3.8) is 0 Å². The van der Waals surface area contributed by atoms with Gasteiger partial charge in [-0.15, -0.1) is 0 Å². The van der Waals surface area contributed by atoms with Crippen LogP contribution in [0.15, 0.2) is 48.8 Å². The highest BCUT2D eigenvalue weighted by atomic mass is 35.5. The third-order valence-corrected chi connectivity index (χ3v) is 10.9. The molecule has 5 N–H and O–H groups in total. The molecule has 6 rings (SSSR count). The Kier molecular flexibility index (Phi) is 16.2. The number of sulfonamides is 1. The van der Waals surface area contributed by atoms with Crippen molar-refractivity contribution in [2.45, 2.75) is 64.7 Å². The molecule has 20 nitrogen and oxygen atoms in total. The first-order valence-corrected chi connectivity index (χ1v) is 23.0. The number of nitrogens with zero attached hydrogens (tertiary/aromatic N) is 5. The molecular weight excluding hydrogens is 891 g/mol. The fourth-order valence-electron chi connectivity index (χ4n) is 6.97. The minimum Gasteiger partial charge on any atom is -0.379 e. The first kappa shape index (κ1) is 48.4. The van der Waals surface area contributed by atoms with Crippen LogP contribution in [0.5, 0.6) is 0 Å². The van der Waals surface area contributed by atoms with Gasteiger partial charge in [-0.25, -0.2) is 22.8 Å². The molecule has 23 heteroatoms. The van der Waals surface area contributed by atoms with E-state index in [-0.39, 0.29) is 130 Å². The number of anilines is 3. The van der Waals surface area contributed by atoms with E-state index >= 15 is 4.39 Å². The van der Waals surface area contributed by atoms with Crippen LogP contribution < -0.4 is 26.0 Å². The van der Waals surface area contributed by atoms with Crippen LogP contribution in [-0.2, 0) is 50.0 Å². The predicted octanol–water partition coefficient (Wildman–Crippen LogP) is 3.51. The van der Waals surface area contributed by atoms with Crippen molar-refractivity contribution in [1.82, 2.24) is 35.3 Å². The normalized spacial score (nSPS) is 15.5. The zero-order valence-corrected chi connectivity index (χ0v) is 37.7. The Morgan fingerprint density at radius 2 is 1.71 bits per heavy atom. The molecule has 2 aliphatic rings. The summed E-state index contributed by atoms with van der Waals surface area (Å²) >= 11 is 6.28. The van der Waals surface area contributed by atoms with Crippen molar-refractivity contribution in [3.05, 3.63) is 70.8 Å². The van der Waals surface area contributed by atoms with Gasteiger partial charge in [0.15, 0.2) is 5.82 Å². The number of halogens is 2. The summed E-state index contributed by atoms with van der Waals surface area (Å²) in [7, 11) is -3.81. The lowest BCUT2D eigenvalue weighted by molar-refractivity contribution is -0.137. The Labute approximate surface area is 379 Å². The van der Waals surface area contributed by atoms with E-state index in [9.17, 15) is 32.4 Å². The zero-order valence-electron chi connectivity index (χ0n) is 36.1.